The van der Waals surface area contributed by atoms with Gasteiger partial charge in [-0.3, -0.25) is 15.6 Å². The monoisotopic (exact) mass is 353 g/mol. The molecule has 0 saturated carbocycles. The Hall–Kier alpha value is -1.82. The highest BCUT2D eigenvalue weighted by Crippen LogP contribution is 2.20. The number of amides is 1. The summed E-state index contributed by atoms with van der Waals surface area (Å²) >= 11 is 16.8. The average molecular weight is 354 g/mol. The Morgan fingerprint density at radius 2 is 1.77 bits per heavy atom. The van der Waals surface area contributed by atoms with Gasteiger partial charge in [-0.05, 0) is 36.0 Å². The van der Waals surface area contributed by atoms with Crippen LogP contribution in [0.5, 0.6) is 0 Å². The highest BCUT2D eigenvalue weighted by Gasteiger charge is 2.10. The predicted octanol–water partition coefficient (Wildman–Crippen LogP) is 3.30. The SMILES string of the molecule is O=C(NNC(=S)NCc1ccccc1)c1ccc(Cl)cc1Cl. The van der Waals surface area contributed by atoms with Crippen LogP contribution >= 0.6 is 35.4 Å². The van der Waals surface area contributed by atoms with E-state index in [1.807, 2.05) is 30.3 Å². The van der Waals surface area contributed by atoms with Crippen molar-refractivity contribution in [2.45, 2.75) is 6.54 Å². The van der Waals surface area contributed by atoms with Crippen molar-refractivity contribution in [1.82, 2.24) is 16.2 Å². The molecule has 0 unspecified atom stereocenters. The van der Waals surface area contributed by atoms with Gasteiger partial charge in [0.1, 0.15) is 0 Å². The van der Waals surface area contributed by atoms with Crippen molar-refractivity contribution in [2.75, 3.05) is 0 Å². The summed E-state index contributed by atoms with van der Waals surface area (Å²) in [5.74, 6) is -0.398. The van der Waals surface area contributed by atoms with Crippen LogP contribution in [0.25, 0.3) is 0 Å². The zero-order valence-corrected chi connectivity index (χ0v) is 13.7. The number of rotatable bonds is 3. The second kappa shape index (κ2) is 7.98. The fourth-order valence-corrected chi connectivity index (χ4v) is 2.29. The summed E-state index contributed by atoms with van der Waals surface area (Å²) in [7, 11) is 0. The van der Waals surface area contributed by atoms with E-state index in [0.717, 1.165) is 5.56 Å². The first-order chi connectivity index (χ1) is 10.6. The van der Waals surface area contributed by atoms with Crippen LogP contribution in [0.1, 0.15) is 15.9 Å². The molecule has 0 aromatic heterocycles. The molecule has 0 aliphatic heterocycles. The lowest BCUT2D eigenvalue weighted by Crippen LogP contribution is -2.46. The zero-order chi connectivity index (χ0) is 15.9. The van der Waals surface area contributed by atoms with E-state index in [1.165, 1.54) is 6.07 Å². The fourth-order valence-electron chi connectivity index (χ4n) is 1.68. The number of carbonyl (C=O) groups is 1. The molecular weight excluding hydrogens is 341 g/mol. The number of benzene rings is 2. The molecule has 2 aromatic carbocycles. The topological polar surface area (TPSA) is 53.2 Å². The number of hydrogen-bond acceptors (Lipinski definition) is 2. The van der Waals surface area contributed by atoms with Gasteiger partial charge in [0.15, 0.2) is 5.11 Å². The lowest BCUT2D eigenvalue weighted by atomic mass is 10.2. The average Bonchev–Trinajstić information content (AvgIpc) is 2.51. The summed E-state index contributed by atoms with van der Waals surface area (Å²) in [5.41, 5.74) is 6.49. The summed E-state index contributed by atoms with van der Waals surface area (Å²) in [6.07, 6.45) is 0. The first-order valence-electron chi connectivity index (χ1n) is 6.39. The van der Waals surface area contributed by atoms with Crippen molar-refractivity contribution in [3.63, 3.8) is 0 Å². The van der Waals surface area contributed by atoms with E-state index in [9.17, 15) is 4.79 Å². The first kappa shape index (κ1) is 16.5. The standard InChI is InChI=1S/C15H13Cl2N3OS/c16-11-6-7-12(13(17)8-11)14(21)19-20-15(22)18-9-10-4-2-1-3-5-10/h1-8H,9H2,(H,19,21)(H2,18,20,22). The third kappa shape index (κ3) is 4.87. The predicted molar refractivity (Wildman–Crippen MR) is 92.9 cm³/mol. The van der Waals surface area contributed by atoms with Crippen molar-refractivity contribution >= 4 is 46.4 Å². The van der Waals surface area contributed by atoms with Crippen molar-refractivity contribution in [2.24, 2.45) is 0 Å². The van der Waals surface area contributed by atoms with E-state index in [0.29, 0.717) is 22.2 Å². The molecule has 3 N–H and O–H groups in total. The molecule has 0 bridgehead atoms. The van der Waals surface area contributed by atoms with Crippen molar-refractivity contribution in [3.8, 4) is 0 Å². The Morgan fingerprint density at radius 3 is 2.45 bits per heavy atom. The van der Waals surface area contributed by atoms with Gasteiger partial charge >= 0.3 is 0 Å². The number of hydrogen-bond donors (Lipinski definition) is 3. The largest absolute Gasteiger partial charge is 0.357 e. The quantitative estimate of drug-likeness (QED) is 0.585. The molecule has 22 heavy (non-hydrogen) atoms. The van der Waals surface area contributed by atoms with Crippen molar-refractivity contribution in [3.05, 3.63) is 69.7 Å². The number of thiocarbonyl (C=S) groups is 1. The second-order valence-corrected chi connectivity index (χ2v) is 5.62. The zero-order valence-electron chi connectivity index (χ0n) is 11.4. The molecule has 0 heterocycles. The van der Waals surface area contributed by atoms with Crippen LogP contribution in [0.2, 0.25) is 10.0 Å². The summed E-state index contributed by atoms with van der Waals surface area (Å²) in [6, 6.07) is 14.4. The smallest absolute Gasteiger partial charge is 0.271 e. The highest BCUT2D eigenvalue weighted by molar-refractivity contribution is 7.80. The second-order valence-electron chi connectivity index (χ2n) is 4.37. The van der Waals surface area contributed by atoms with Crippen LogP contribution < -0.4 is 16.2 Å². The normalized spacial score (nSPS) is 9.91. The summed E-state index contributed by atoms with van der Waals surface area (Å²) in [4.78, 5) is 12.0. The molecule has 0 spiro atoms. The third-order valence-corrected chi connectivity index (χ3v) is 3.56. The molecule has 7 heteroatoms. The summed E-state index contributed by atoms with van der Waals surface area (Å²) in [6.45, 7) is 0.560. The Bertz CT molecular complexity index is 680. The van der Waals surface area contributed by atoms with Gasteiger partial charge in [0.2, 0.25) is 0 Å². The minimum absolute atomic E-state index is 0.273. The van der Waals surface area contributed by atoms with Crippen LogP contribution in [0.3, 0.4) is 0 Å². The third-order valence-electron chi connectivity index (χ3n) is 2.76. The van der Waals surface area contributed by atoms with Crippen LogP contribution in [-0.4, -0.2) is 11.0 Å². The van der Waals surface area contributed by atoms with Gasteiger partial charge in [-0.15, -0.1) is 0 Å². The van der Waals surface area contributed by atoms with E-state index >= 15 is 0 Å². The maximum atomic E-state index is 12.0. The first-order valence-corrected chi connectivity index (χ1v) is 7.56. The molecule has 1 amide bonds. The summed E-state index contributed by atoms with van der Waals surface area (Å²) < 4.78 is 0. The molecule has 0 aliphatic carbocycles. The van der Waals surface area contributed by atoms with Gasteiger partial charge in [-0.25, -0.2) is 0 Å². The molecule has 0 radical (unpaired) electrons. The molecule has 0 saturated heterocycles. The van der Waals surface area contributed by atoms with Crippen LogP contribution in [0.15, 0.2) is 48.5 Å². The lowest BCUT2D eigenvalue weighted by Gasteiger charge is -2.12. The van der Waals surface area contributed by atoms with Gasteiger partial charge in [-0.1, -0.05) is 53.5 Å². The number of nitrogens with one attached hydrogen (secondary N) is 3. The fraction of sp³-hybridized carbons (Fsp3) is 0.0667. The lowest BCUT2D eigenvalue weighted by molar-refractivity contribution is 0.0944. The van der Waals surface area contributed by atoms with Gasteiger partial charge in [0, 0.05) is 11.6 Å². The Balaban J connectivity index is 1.82. The molecule has 0 fully saturated rings. The Morgan fingerprint density at radius 1 is 1.05 bits per heavy atom. The van der Waals surface area contributed by atoms with Crippen LogP contribution in [0, 0.1) is 0 Å². The minimum atomic E-state index is -0.398. The maximum absolute atomic E-state index is 12.0. The molecular formula is C15H13Cl2N3OS. The van der Waals surface area contributed by atoms with E-state index in [2.05, 4.69) is 16.2 Å². The number of hydrazine groups is 1. The maximum Gasteiger partial charge on any atom is 0.271 e. The van der Waals surface area contributed by atoms with Crippen LogP contribution in [0.4, 0.5) is 0 Å². The molecule has 0 aliphatic rings. The highest BCUT2D eigenvalue weighted by atomic mass is 35.5. The van der Waals surface area contributed by atoms with Gasteiger partial charge in [-0.2, -0.15) is 0 Å². The van der Waals surface area contributed by atoms with Crippen molar-refractivity contribution < 1.29 is 4.79 Å². The molecule has 2 rings (SSSR count). The summed E-state index contributed by atoms with van der Waals surface area (Å²) in [5, 5.41) is 4.03. The number of carbonyl (C=O) groups excluding carboxylic acids is 1. The van der Waals surface area contributed by atoms with Gasteiger partial charge in [0.05, 0.1) is 10.6 Å². The minimum Gasteiger partial charge on any atom is -0.357 e. The Kier molecular flexibility index (Phi) is 6.00. The molecule has 4 nitrogen and oxygen atoms in total. The van der Waals surface area contributed by atoms with Gasteiger partial charge < -0.3 is 5.32 Å². The molecule has 2 aromatic rings. The molecule has 114 valence electrons. The Labute approximate surface area is 143 Å². The van der Waals surface area contributed by atoms with Crippen molar-refractivity contribution in [1.29, 1.82) is 0 Å². The van der Waals surface area contributed by atoms with E-state index < -0.39 is 5.91 Å². The number of halogens is 2. The van der Waals surface area contributed by atoms with Gasteiger partial charge in [0.25, 0.3) is 5.91 Å². The van der Waals surface area contributed by atoms with E-state index in [1.54, 1.807) is 12.1 Å². The van der Waals surface area contributed by atoms with E-state index in [-0.39, 0.29) is 5.02 Å². The van der Waals surface area contributed by atoms with Crippen LogP contribution in [-0.2, 0) is 6.54 Å². The molecule has 0 atom stereocenters. The van der Waals surface area contributed by atoms with E-state index in [4.69, 9.17) is 35.4 Å².